The fourth-order valence-corrected chi connectivity index (χ4v) is 2.72. The van der Waals surface area contributed by atoms with E-state index in [0.717, 1.165) is 21.6 Å². The first kappa shape index (κ1) is 12.0. The van der Waals surface area contributed by atoms with Crippen molar-refractivity contribution in [1.82, 2.24) is 9.97 Å². The summed E-state index contributed by atoms with van der Waals surface area (Å²) >= 11 is 1.57. The van der Waals surface area contributed by atoms with Crippen LogP contribution in [0.4, 0.5) is 10.2 Å². The highest BCUT2D eigenvalue weighted by Crippen LogP contribution is 2.28. The fourth-order valence-electron chi connectivity index (χ4n) is 1.96. The lowest BCUT2D eigenvalue weighted by Crippen LogP contribution is -1.97. The molecular formula is C14H12FN3S. The third-order valence-corrected chi connectivity index (χ3v) is 3.78. The minimum absolute atomic E-state index is 0.213. The van der Waals surface area contributed by atoms with Crippen molar-refractivity contribution < 1.29 is 4.39 Å². The zero-order valence-corrected chi connectivity index (χ0v) is 11.4. The molecule has 3 nitrogen and oxygen atoms in total. The van der Waals surface area contributed by atoms with Gasteiger partial charge in [-0.3, -0.25) is 0 Å². The Hall–Kier alpha value is -2.01. The van der Waals surface area contributed by atoms with Crippen molar-refractivity contribution in [1.29, 1.82) is 0 Å². The van der Waals surface area contributed by atoms with Gasteiger partial charge in [0.25, 0.3) is 0 Å². The van der Waals surface area contributed by atoms with Crippen LogP contribution in [0.2, 0.25) is 0 Å². The zero-order chi connectivity index (χ0) is 13.4. The molecule has 0 radical (unpaired) electrons. The van der Waals surface area contributed by atoms with Gasteiger partial charge >= 0.3 is 0 Å². The van der Waals surface area contributed by atoms with E-state index in [2.05, 4.69) is 15.3 Å². The quantitative estimate of drug-likeness (QED) is 0.770. The zero-order valence-electron chi connectivity index (χ0n) is 10.6. The summed E-state index contributed by atoms with van der Waals surface area (Å²) in [7, 11) is 1.83. The SMILES string of the molecule is CNc1nc(-c2ccc(F)c(C)c2)nc2sccc12. The summed E-state index contributed by atoms with van der Waals surface area (Å²) in [5, 5.41) is 6.07. The molecule has 96 valence electrons. The Balaban J connectivity index is 2.21. The first-order valence-electron chi connectivity index (χ1n) is 5.88. The van der Waals surface area contributed by atoms with E-state index in [9.17, 15) is 4.39 Å². The van der Waals surface area contributed by atoms with E-state index < -0.39 is 0 Å². The monoisotopic (exact) mass is 273 g/mol. The number of nitrogens with zero attached hydrogens (tertiary/aromatic N) is 2. The van der Waals surface area contributed by atoms with Gasteiger partial charge in [0.15, 0.2) is 5.82 Å². The molecule has 2 heterocycles. The minimum atomic E-state index is -0.213. The van der Waals surface area contributed by atoms with Crippen LogP contribution in [0.15, 0.2) is 29.6 Å². The van der Waals surface area contributed by atoms with Crippen LogP contribution < -0.4 is 5.32 Å². The summed E-state index contributed by atoms with van der Waals surface area (Å²) in [6, 6.07) is 6.91. The molecule has 0 atom stereocenters. The van der Waals surface area contributed by atoms with Crippen molar-refractivity contribution in [2.24, 2.45) is 0 Å². The molecule has 0 amide bonds. The Bertz CT molecular complexity index is 752. The second-order valence-electron chi connectivity index (χ2n) is 4.25. The fraction of sp³-hybridized carbons (Fsp3) is 0.143. The van der Waals surface area contributed by atoms with Gasteiger partial charge < -0.3 is 5.32 Å². The maximum Gasteiger partial charge on any atom is 0.163 e. The van der Waals surface area contributed by atoms with Crippen LogP contribution in [0.25, 0.3) is 21.6 Å². The van der Waals surface area contributed by atoms with Crippen molar-refractivity contribution in [3.8, 4) is 11.4 Å². The largest absolute Gasteiger partial charge is 0.372 e. The van der Waals surface area contributed by atoms with Crippen LogP contribution in [0.1, 0.15) is 5.56 Å². The lowest BCUT2D eigenvalue weighted by molar-refractivity contribution is 0.618. The van der Waals surface area contributed by atoms with Crippen molar-refractivity contribution >= 4 is 27.4 Å². The molecule has 0 fully saturated rings. The molecular weight excluding hydrogens is 261 g/mol. The molecule has 1 aromatic carbocycles. The topological polar surface area (TPSA) is 37.8 Å². The summed E-state index contributed by atoms with van der Waals surface area (Å²) in [5.41, 5.74) is 1.42. The average molecular weight is 273 g/mol. The molecule has 0 unspecified atom stereocenters. The number of hydrogen-bond acceptors (Lipinski definition) is 4. The van der Waals surface area contributed by atoms with Crippen LogP contribution in [0.3, 0.4) is 0 Å². The van der Waals surface area contributed by atoms with Crippen LogP contribution in [-0.4, -0.2) is 17.0 Å². The highest BCUT2D eigenvalue weighted by molar-refractivity contribution is 7.16. The highest BCUT2D eigenvalue weighted by atomic mass is 32.1. The van der Waals surface area contributed by atoms with Gasteiger partial charge in [-0.1, -0.05) is 0 Å². The van der Waals surface area contributed by atoms with Gasteiger partial charge in [0.1, 0.15) is 16.5 Å². The van der Waals surface area contributed by atoms with Gasteiger partial charge in [-0.15, -0.1) is 11.3 Å². The Morgan fingerprint density at radius 3 is 2.79 bits per heavy atom. The summed E-state index contributed by atoms with van der Waals surface area (Å²) in [6.45, 7) is 1.74. The summed E-state index contributed by atoms with van der Waals surface area (Å²) < 4.78 is 13.3. The predicted octanol–water partition coefficient (Wildman–Crippen LogP) is 3.85. The summed E-state index contributed by atoms with van der Waals surface area (Å²) in [4.78, 5) is 9.95. The van der Waals surface area contributed by atoms with Crippen molar-refractivity contribution in [3.05, 3.63) is 41.0 Å². The lowest BCUT2D eigenvalue weighted by atomic mass is 10.1. The number of fused-ring (bicyclic) bond motifs is 1. The van der Waals surface area contributed by atoms with Crippen LogP contribution in [-0.2, 0) is 0 Å². The normalized spacial score (nSPS) is 10.9. The van der Waals surface area contributed by atoms with Crippen molar-refractivity contribution in [2.75, 3.05) is 12.4 Å². The molecule has 3 aromatic rings. The van der Waals surface area contributed by atoms with E-state index in [4.69, 9.17) is 0 Å². The van der Waals surface area contributed by atoms with Gasteiger partial charge in [0, 0.05) is 12.6 Å². The van der Waals surface area contributed by atoms with Gasteiger partial charge in [-0.2, -0.15) is 0 Å². The molecule has 0 saturated carbocycles. The predicted molar refractivity (Wildman–Crippen MR) is 77.1 cm³/mol. The van der Waals surface area contributed by atoms with Crippen molar-refractivity contribution in [2.45, 2.75) is 6.92 Å². The molecule has 19 heavy (non-hydrogen) atoms. The highest BCUT2D eigenvalue weighted by Gasteiger charge is 2.10. The molecule has 5 heteroatoms. The van der Waals surface area contributed by atoms with E-state index in [0.29, 0.717) is 11.4 Å². The Labute approximate surface area is 114 Å². The number of aryl methyl sites for hydroxylation is 1. The van der Waals surface area contributed by atoms with Crippen molar-refractivity contribution in [3.63, 3.8) is 0 Å². The summed E-state index contributed by atoms with van der Waals surface area (Å²) in [6.07, 6.45) is 0. The number of halogens is 1. The first-order valence-corrected chi connectivity index (χ1v) is 6.76. The third-order valence-electron chi connectivity index (χ3n) is 2.98. The Kier molecular flexibility index (Phi) is 2.91. The number of benzene rings is 1. The molecule has 0 spiro atoms. The van der Waals surface area contributed by atoms with E-state index in [1.54, 1.807) is 30.4 Å². The first-order chi connectivity index (χ1) is 9.19. The smallest absolute Gasteiger partial charge is 0.163 e. The van der Waals surface area contributed by atoms with Crippen LogP contribution in [0.5, 0.6) is 0 Å². The number of aromatic nitrogens is 2. The Morgan fingerprint density at radius 2 is 2.05 bits per heavy atom. The maximum absolute atomic E-state index is 13.3. The molecule has 0 aliphatic rings. The van der Waals surface area contributed by atoms with E-state index >= 15 is 0 Å². The molecule has 0 aliphatic heterocycles. The molecule has 0 saturated heterocycles. The second-order valence-corrected chi connectivity index (χ2v) is 5.14. The molecule has 3 rings (SSSR count). The van der Waals surface area contributed by atoms with Crippen LogP contribution >= 0.6 is 11.3 Å². The molecule has 2 aromatic heterocycles. The maximum atomic E-state index is 13.3. The second kappa shape index (κ2) is 4.59. The molecule has 0 aliphatic carbocycles. The van der Waals surface area contributed by atoms with Gasteiger partial charge in [-0.05, 0) is 42.1 Å². The lowest BCUT2D eigenvalue weighted by Gasteiger charge is -2.06. The number of anilines is 1. The average Bonchev–Trinajstić information content (AvgIpc) is 2.89. The van der Waals surface area contributed by atoms with E-state index in [1.807, 2.05) is 18.5 Å². The van der Waals surface area contributed by atoms with Gasteiger partial charge in [-0.25, -0.2) is 14.4 Å². The van der Waals surface area contributed by atoms with Gasteiger partial charge in [0.05, 0.1) is 5.39 Å². The third kappa shape index (κ3) is 2.06. The number of thiophene rings is 1. The number of nitrogens with one attached hydrogen (secondary N) is 1. The Morgan fingerprint density at radius 1 is 1.21 bits per heavy atom. The molecule has 1 N–H and O–H groups in total. The van der Waals surface area contributed by atoms with Crippen LogP contribution in [0, 0.1) is 12.7 Å². The minimum Gasteiger partial charge on any atom is -0.372 e. The summed E-state index contributed by atoms with van der Waals surface area (Å²) in [5.74, 6) is 1.19. The van der Waals surface area contributed by atoms with Gasteiger partial charge in [0.2, 0.25) is 0 Å². The van der Waals surface area contributed by atoms with E-state index in [1.165, 1.54) is 6.07 Å². The standard InChI is InChI=1S/C14H12FN3S/c1-8-7-9(3-4-11(8)15)12-17-13(16-2)10-5-6-19-14(10)18-12/h3-7H,1-2H3,(H,16,17,18). The molecule has 0 bridgehead atoms. The number of rotatable bonds is 2. The number of hydrogen-bond donors (Lipinski definition) is 1. The van der Waals surface area contributed by atoms with E-state index in [-0.39, 0.29) is 5.82 Å².